The van der Waals surface area contributed by atoms with Gasteiger partial charge in [-0.3, -0.25) is 10.2 Å². The molecule has 1 saturated heterocycles. The van der Waals surface area contributed by atoms with Crippen LogP contribution in [-0.4, -0.2) is 47.2 Å². The lowest BCUT2D eigenvalue weighted by Gasteiger charge is -2.26. The van der Waals surface area contributed by atoms with Crippen molar-refractivity contribution < 1.29 is 9.53 Å². The fraction of sp³-hybridized carbons (Fsp3) is 0.500. The molecule has 0 bridgehead atoms. The lowest BCUT2D eigenvalue weighted by molar-refractivity contribution is 0.0124. The number of nitrogens with one attached hydrogen (secondary N) is 1. The molecule has 2 heterocycles. The number of nitrogen functional groups attached to an aromatic ring is 1. The van der Waals surface area contributed by atoms with Gasteiger partial charge in [0.2, 0.25) is 5.95 Å². The number of ether oxygens (including phenoxy) is 1. The summed E-state index contributed by atoms with van der Waals surface area (Å²) in [6, 6.07) is 1.60. The molecule has 0 atom stereocenters. The maximum atomic E-state index is 11.9. The van der Waals surface area contributed by atoms with Crippen LogP contribution >= 0.6 is 0 Å². The van der Waals surface area contributed by atoms with Gasteiger partial charge in [-0.1, -0.05) is 0 Å². The minimum atomic E-state index is -0.274. The minimum absolute atomic E-state index is 0.108. The molecule has 0 aliphatic carbocycles. The van der Waals surface area contributed by atoms with Gasteiger partial charge in [-0.15, -0.1) is 0 Å². The van der Waals surface area contributed by atoms with E-state index >= 15 is 0 Å². The average molecular weight is 237 g/mol. The number of aryl methyl sites for hydroxylation is 1. The largest absolute Gasteiger partial charge is 0.379 e. The number of carbonyl (C=O) groups excluding carboxylic acids is 1. The number of carbonyl (C=O) groups is 1. The Morgan fingerprint density at radius 1 is 1.47 bits per heavy atom. The highest BCUT2D eigenvalue weighted by atomic mass is 16.5. The molecule has 0 radical (unpaired) electrons. The van der Waals surface area contributed by atoms with Crippen molar-refractivity contribution in [2.75, 3.05) is 32.0 Å². The highest BCUT2D eigenvalue weighted by Crippen LogP contribution is 2.02. The summed E-state index contributed by atoms with van der Waals surface area (Å²) < 4.78 is 5.19. The molecular formula is C10H15N5O2. The van der Waals surface area contributed by atoms with Crippen molar-refractivity contribution in [1.82, 2.24) is 20.4 Å². The van der Waals surface area contributed by atoms with Gasteiger partial charge in [-0.2, -0.15) is 0 Å². The van der Waals surface area contributed by atoms with Gasteiger partial charge in [0.1, 0.15) is 5.69 Å². The molecule has 0 unspecified atom stereocenters. The Balaban J connectivity index is 2.03. The van der Waals surface area contributed by atoms with Crippen LogP contribution in [0.4, 0.5) is 5.95 Å². The summed E-state index contributed by atoms with van der Waals surface area (Å²) in [4.78, 5) is 19.7. The molecule has 1 aromatic rings. The third kappa shape index (κ3) is 3.11. The third-order valence-corrected chi connectivity index (χ3v) is 2.37. The first-order valence-corrected chi connectivity index (χ1v) is 5.40. The van der Waals surface area contributed by atoms with Crippen molar-refractivity contribution in [2.24, 2.45) is 0 Å². The smallest absolute Gasteiger partial charge is 0.284 e. The normalized spacial score (nSPS) is 16.8. The lowest BCUT2D eigenvalue weighted by atomic mass is 10.3. The first kappa shape index (κ1) is 11.7. The number of hydrogen-bond acceptors (Lipinski definition) is 6. The summed E-state index contributed by atoms with van der Waals surface area (Å²) in [7, 11) is 0. The fourth-order valence-corrected chi connectivity index (χ4v) is 1.58. The number of nitrogens with two attached hydrogens (primary N) is 1. The number of aromatic nitrogens is 2. The third-order valence-electron chi connectivity index (χ3n) is 2.37. The van der Waals surface area contributed by atoms with Gasteiger partial charge in [-0.25, -0.2) is 15.0 Å². The number of morpholine rings is 1. The molecule has 92 valence electrons. The number of rotatable bonds is 2. The van der Waals surface area contributed by atoms with Crippen LogP contribution in [0.3, 0.4) is 0 Å². The number of nitrogens with zero attached hydrogens (tertiary/aromatic N) is 3. The van der Waals surface area contributed by atoms with Crippen molar-refractivity contribution in [2.45, 2.75) is 6.92 Å². The van der Waals surface area contributed by atoms with Crippen molar-refractivity contribution in [1.29, 1.82) is 0 Å². The molecule has 0 aromatic carbocycles. The quantitative estimate of drug-likeness (QED) is 0.709. The number of hydrogen-bond donors (Lipinski definition) is 2. The van der Waals surface area contributed by atoms with E-state index < -0.39 is 0 Å². The summed E-state index contributed by atoms with van der Waals surface area (Å²) in [5.74, 6) is -0.166. The zero-order chi connectivity index (χ0) is 12.3. The topological polar surface area (TPSA) is 93.4 Å². The summed E-state index contributed by atoms with van der Waals surface area (Å²) >= 11 is 0. The molecule has 2 rings (SSSR count). The second-order valence-electron chi connectivity index (χ2n) is 3.79. The van der Waals surface area contributed by atoms with Gasteiger partial charge < -0.3 is 10.5 Å². The van der Waals surface area contributed by atoms with Gasteiger partial charge in [-0.05, 0) is 13.0 Å². The van der Waals surface area contributed by atoms with Crippen LogP contribution in [0.2, 0.25) is 0 Å². The Hall–Kier alpha value is -1.73. The van der Waals surface area contributed by atoms with E-state index in [9.17, 15) is 4.79 Å². The lowest BCUT2D eigenvalue weighted by Crippen LogP contribution is -2.48. The molecule has 3 N–H and O–H groups in total. The Morgan fingerprint density at radius 2 is 2.18 bits per heavy atom. The Labute approximate surface area is 98.9 Å². The number of amides is 1. The van der Waals surface area contributed by atoms with Crippen LogP contribution in [0.1, 0.15) is 16.2 Å². The molecule has 7 nitrogen and oxygen atoms in total. The predicted octanol–water partition coefficient (Wildman–Crippen LogP) is -0.656. The molecule has 1 aromatic heterocycles. The Morgan fingerprint density at radius 3 is 2.82 bits per heavy atom. The number of anilines is 1. The molecule has 1 fully saturated rings. The van der Waals surface area contributed by atoms with E-state index in [1.54, 1.807) is 18.0 Å². The maximum Gasteiger partial charge on any atom is 0.284 e. The summed E-state index contributed by atoms with van der Waals surface area (Å²) in [5, 5.41) is 1.81. The molecular weight excluding hydrogens is 222 g/mol. The van der Waals surface area contributed by atoms with Crippen molar-refractivity contribution >= 4 is 11.9 Å². The van der Waals surface area contributed by atoms with Gasteiger partial charge in [0.15, 0.2) is 0 Å². The summed E-state index contributed by atoms with van der Waals surface area (Å²) in [6.45, 7) is 4.34. The summed E-state index contributed by atoms with van der Waals surface area (Å²) in [5.41, 5.74) is 9.20. The Bertz CT molecular complexity index is 397. The first-order chi connectivity index (χ1) is 8.15. The van der Waals surface area contributed by atoms with Crippen LogP contribution in [0, 0.1) is 6.92 Å². The molecule has 7 heteroatoms. The van der Waals surface area contributed by atoms with Gasteiger partial charge >= 0.3 is 0 Å². The molecule has 0 spiro atoms. The SMILES string of the molecule is Cc1cc(C(=O)NN2CCOCC2)nc(N)n1. The van der Waals surface area contributed by atoms with E-state index in [-0.39, 0.29) is 17.5 Å². The zero-order valence-corrected chi connectivity index (χ0v) is 9.64. The van der Waals surface area contributed by atoms with Crippen molar-refractivity contribution in [3.05, 3.63) is 17.5 Å². The van der Waals surface area contributed by atoms with E-state index in [0.29, 0.717) is 32.0 Å². The highest BCUT2D eigenvalue weighted by Gasteiger charge is 2.15. The zero-order valence-electron chi connectivity index (χ0n) is 9.64. The second kappa shape index (κ2) is 5.07. The predicted molar refractivity (Wildman–Crippen MR) is 61.0 cm³/mol. The van der Waals surface area contributed by atoms with E-state index in [4.69, 9.17) is 10.5 Å². The van der Waals surface area contributed by atoms with Crippen molar-refractivity contribution in [3.8, 4) is 0 Å². The molecule has 1 aliphatic heterocycles. The maximum absolute atomic E-state index is 11.9. The summed E-state index contributed by atoms with van der Waals surface area (Å²) in [6.07, 6.45) is 0. The van der Waals surface area contributed by atoms with Crippen LogP contribution in [0.25, 0.3) is 0 Å². The Kier molecular flexibility index (Phi) is 3.50. The van der Waals surface area contributed by atoms with E-state index in [1.165, 1.54) is 0 Å². The van der Waals surface area contributed by atoms with E-state index in [1.807, 2.05) is 0 Å². The van der Waals surface area contributed by atoms with Crippen LogP contribution in [0.15, 0.2) is 6.07 Å². The average Bonchev–Trinajstić information content (AvgIpc) is 2.29. The minimum Gasteiger partial charge on any atom is -0.379 e. The van der Waals surface area contributed by atoms with Crippen LogP contribution in [0.5, 0.6) is 0 Å². The highest BCUT2D eigenvalue weighted by molar-refractivity contribution is 5.92. The van der Waals surface area contributed by atoms with Crippen LogP contribution < -0.4 is 11.2 Å². The number of hydrazine groups is 1. The van der Waals surface area contributed by atoms with E-state index in [2.05, 4.69) is 15.4 Å². The second-order valence-corrected chi connectivity index (χ2v) is 3.79. The van der Waals surface area contributed by atoms with Crippen LogP contribution in [-0.2, 0) is 4.74 Å². The standard InChI is InChI=1S/C10H15N5O2/c1-7-6-8(13-10(11)12-7)9(16)14-15-2-4-17-5-3-15/h6H,2-5H2,1H3,(H,14,16)(H2,11,12,13). The first-order valence-electron chi connectivity index (χ1n) is 5.40. The van der Waals surface area contributed by atoms with E-state index in [0.717, 1.165) is 0 Å². The van der Waals surface area contributed by atoms with Gasteiger partial charge in [0.05, 0.1) is 13.2 Å². The monoisotopic (exact) mass is 237 g/mol. The molecule has 1 aliphatic rings. The van der Waals surface area contributed by atoms with Crippen molar-refractivity contribution in [3.63, 3.8) is 0 Å². The van der Waals surface area contributed by atoms with Gasteiger partial charge in [0, 0.05) is 18.8 Å². The molecule has 1 amide bonds. The van der Waals surface area contributed by atoms with Gasteiger partial charge in [0.25, 0.3) is 5.91 Å². The molecule has 0 saturated carbocycles. The fourth-order valence-electron chi connectivity index (χ4n) is 1.58. The molecule has 17 heavy (non-hydrogen) atoms.